The highest BCUT2D eigenvalue weighted by atomic mass is 16.3. The number of furan rings is 1. The maximum Gasteiger partial charge on any atom is 0.289 e. The van der Waals surface area contributed by atoms with E-state index in [4.69, 9.17) is 4.42 Å². The first-order valence-corrected chi connectivity index (χ1v) is 7.16. The van der Waals surface area contributed by atoms with Crippen LogP contribution in [-0.4, -0.2) is 47.0 Å². The van der Waals surface area contributed by atoms with Crippen LogP contribution in [0.1, 0.15) is 10.6 Å². The first-order valence-electron chi connectivity index (χ1n) is 7.16. The highest BCUT2D eigenvalue weighted by molar-refractivity contribution is 5.91. The molecule has 2 atom stereocenters. The monoisotopic (exact) mass is 284 g/mol. The average Bonchev–Trinajstić information content (AvgIpc) is 3.23. The van der Waals surface area contributed by atoms with Gasteiger partial charge in [0.2, 0.25) is 5.95 Å². The summed E-state index contributed by atoms with van der Waals surface area (Å²) < 4.78 is 5.20. The molecule has 0 aromatic carbocycles. The molecule has 4 rings (SSSR count). The normalized spacial score (nSPS) is 24.4. The fourth-order valence-electron chi connectivity index (χ4n) is 3.33. The van der Waals surface area contributed by atoms with E-state index < -0.39 is 0 Å². The van der Waals surface area contributed by atoms with E-state index in [0.29, 0.717) is 17.6 Å². The summed E-state index contributed by atoms with van der Waals surface area (Å²) in [5.41, 5.74) is 0. The number of likely N-dealkylation sites (tertiary alicyclic amines) is 1. The quantitative estimate of drug-likeness (QED) is 0.831. The fourth-order valence-corrected chi connectivity index (χ4v) is 3.33. The zero-order valence-corrected chi connectivity index (χ0v) is 11.6. The standard InChI is InChI=1S/C15H16N4O2/c20-14(13-3-1-6-21-13)18-7-11-9-19(10-12(11)8-18)15-16-4-2-5-17-15/h1-6,11-12H,7-10H2/t11-,12-/m1/s1. The van der Waals surface area contributed by atoms with Gasteiger partial charge in [0, 0.05) is 50.4 Å². The lowest BCUT2D eigenvalue weighted by Gasteiger charge is -2.20. The summed E-state index contributed by atoms with van der Waals surface area (Å²) >= 11 is 0. The Labute approximate surface area is 122 Å². The Kier molecular flexibility index (Phi) is 2.87. The Balaban J connectivity index is 1.43. The minimum absolute atomic E-state index is 0.00286. The van der Waals surface area contributed by atoms with Gasteiger partial charge in [0.1, 0.15) is 0 Å². The van der Waals surface area contributed by atoms with Crippen molar-refractivity contribution in [1.82, 2.24) is 14.9 Å². The van der Waals surface area contributed by atoms with Gasteiger partial charge in [-0.2, -0.15) is 0 Å². The maximum absolute atomic E-state index is 12.3. The van der Waals surface area contributed by atoms with Crippen LogP contribution >= 0.6 is 0 Å². The molecule has 6 heteroatoms. The Hall–Kier alpha value is -2.37. The minimum Gasteiger partial charge on any atom is -0.459 e. The van der Waals surface area contributed by atoms with E-state index in [1.54, 1.807) is 30.8 Å². The highest BCUT2D eigenvalue weighted by Gasteiger charge is 2.42. The fraction of sp³-hybridized carbons (Fsp3) is 0.400. The van der Waals surface area contributed by atoms with Gasteiger partial charge in [0.25, 0.3) is 5.91 Å². The van der Waals surface area contributed by atoms with Gasteiger partial charge in [-0.05, 0) is 18.2 Å². The number of carbonyl (C=O) groups excluding carboxylic acids is 1. The van der Waals surface area contributed by atoms with Gasteiger partial charge in [-0.25, -0.2) is 9.97 Å². The number of nitrogens with zero attached hydrogens (tertiary/aromatic N) is 4. The van der Waals surface area contributed by atoms with Crippen molar-refractivity contribution < 1.29 is 9.21 Å². The molecule has 2 fully saturated rings. The van der Waals surface area contributed by atoms with Crippen LogP contribution < -0.4 is 4.90 Å². The SMILES string of the molecule is O=C(c1ccco1)N1C[C@@H]2CN(c3ncccn3)C[C@H]2C1. The predicted molar refractivity (Wildman–Crippen MR) is 75.8 cm³/mol. The van der Waals surface area contributed by atoms with Crippen LogP contribution in [0, 0.1) is 11.8 Å². The minimum atomic E-state index is -0.00286. The molecule has 2 aromatic rings. The molecule has 108 valence electrons. The zero-order chi connectivity index (χ0) is 14.2. The second-order valence-corrected chi connectivity index (χ2v) is 5.66. The first-order chi connectivity index (χ1) is 10.3. The van der Waals surface area contributed by atoms with E-state index in [-0.39, 0.29) is 5.91 Å². The van der Waals surface area contributed by atoms with Crippen molar-refractivity contribution in [2.24, 2.45) is 11.8 Å². The summed E-state index contributed by atoms with van der Waals surface area (Å²) in [6.07, 6.45) is 5.07. The van der Waals surface area contributed by atoms with Crippen molar-refractivity contribution in [2.75, 3.05) is 31.1 Å². The van der Waals surface area contributed by atoms with Crippen molar-refractivity contribution in [3.8, 4) is 0 Å². The summed E-state index contributed by atoms with van der Waals surface area (Å²) in [6, 6.07) is 5.29. The topological polar surface area (TPSA) is 62.5 Å². The number of rotatable bonds is 2. The molecule has 1 amide bonds. The van der Waals surface area contributed by atoms with E-state index in [9.17, 15) is 4.79 Å². The second-order valence-electron chi connectivity index (χ2n) is 5.66. The van der Waals surface area contributed by atoms with E-state index in [2.05, 4.69) is 14.9 Å². The van der Waals surface area contributed by atoms with Crippen LogP contribution in [0.5, 0.6) is 0 Å². The van der Waals surface area contributed by atoms with Gasteiger partial charge in [-0.3, -0.25) is 4.79 Å². The van der Waals surface area contributed by atoms with Crippen LogP contribution in [0.3, 0.4) is 0 Å². The van der Waals surface area contributed by atoms with Crippen LogP contribution in [0.15, 0.2) is 41.3 Å². The van der Waals surface area contributed by atoms with Gasteiger partial charge in [0.15, 0.2) is 5.76 Å². The summed E-state index contributed by atoms with van der Waals surface area (Å²) in [4.78, 5) is 25.0. The number of aromatic nitrogens is 2. The third-order valence-electron chi connectivity index (χ3n) is 4.34. The number of carbonyl (C=O) groups is 1. The van der Waals surface area contributed by atoms with Gasteiger partial charge < -0.3 is 14.2 Å². The predicted octanol–water partition coefficient (Wildman–Crippen LogP) is 1.28. The smallest absolute Gasteiger partial charge is 0.289 e. The lowest BCUT2D eigenvalue weighted by atomic mass is 10.0. The van der Waals surface area contributed by atoms with Gasteiger partial charge >= 0.3 is 0 Å². The number of hydrogen-bond donors (Lipinski definition) is 0. The van der Waals surface area contributed by atoms with Crippen LogP contribution in [0.2, 0.25) is 0 Å². The van der Waals surface area contributed by atoms with Gasteiger partial charge in [-0.15, -0.1) is 0 Å². The molecule has 0 spiro atoms. The Morgan fingerprint density at radius 3 is 2.43 bits per heavy atom. The van der Waals surface area contributed by atoms with Crippen LogP contribution in [0.4, 0.5) is 5.95 Å². The molecule has 6 nitrogen and oxygen atoms in total. The molecule has 2 saturated heterocycles. The van der Waals surface area contributed by atoms with Crippen molar-refractivity contribution in [3.63, 3.8) is 0 Å². The van der Waals surface area contributed by atoms with Gasteiger partial charge in [0.05, 0.1) is 6.26 Å². The van der Waals surface area contributed by atoms with E-state index in [1.807, 2.05) is 11.0 Å². The molecule has 2 aliphatic heterocycles. The molecule has 4 heterocycles. The Morgan fingerprint density at radius 1 is 1.10 bits per heavy atom. The molecular weight excluding hydrogens is 268 g/mol. The lowest BCUT2D eigenvalue weighted by Crippen LogP contribution is -2.33. The lowest BCUT2D eigenvalue weighted by molar-refractivity contribution is 0.0751. The van der Waals surface area contributed by atoms with Crippen LogP contribution in [0.25, 0.3) is 0 Å². The maximum atomic E-state index is 12.3. The van der Waals surface area contributed by atoms with E-state index in [0.717, 1.165) is 32.1 Å². The largest absolute Gasteiger partial charge is 0.459 e. The summed E-state index contributed by atoms with van der Waals surface area (Å²) in [6.45, 7) is 3.40. The molecular formula is C15H16N4O2. The number of anilines is 1. The molecule has 0 unspecified atom stereocenters. The summed E-state index contributed by atoms with van der Waals surface area (Å²) in [7, 11) is 0. The molecule has 0 radical (unpaired) electrons. The van der Waals surface area contributed by atoms with Crippen molar-refractivity contribution in [2.45, 2.75) is 0 Å². The van der Waals surface area contributed by atoms with Crippen LogP contribution in [-0.2, 0) is 0 Å². The van der Waals surface area contributed by atoms with Crippen molar-refractivity contribution in [3.05, 3.63) is 42.6 Å². The molecule has 21 heavy (non-hydrogen) atoms. The van der Waals surface area contributed by atoms with Crippen molar-refractivity contribution >= 4 is 11.9 Å². The first kappa shape index (κ1) is 12.4. The second kappa shape index (κ2) is 4.87. The average molecular weight is 284 g/mol. The third-order valence-corrected chi connectivity index (χ3v) is 4.34. The Morgan fingerprint density at radius 2 is 1.81 bits per heavy atom. The van der Waals surface area contributed by atoms with E-state index >= 15 is 0 Å². The van der Waals surface area contributed by atoms with E-state index in [1.165, 1.54) is 0 Å². The zero-order valence-electron chi connectivity index (χ0n) is 11.6. The molecule has 0 aliphatic carbocycles. The Bertz CT molecular complexity index is 614. The number of amides is 1. The summed E-state index contributed by atoms with van der Waals surface area (Å²) in [5, 5.41) is 0. The third kappa shape index (κ3) is 2.16. The highest BCUT2D eigenvalue weighted by Crippen LogP contribution is 2.33. The number of fused-ring (bicyclic) bond motifs is 1. The molecule has 0 saturated carbocycles. The van der Waals surface area contributed by atoms with Crippen molar-refractivity contribution in [1.29, 1.82) is 0 Å². The molecule has 2 aliphatic rings. The molecule has 0 bridgehead atoms. The van der Waals surface area contributed by atoms with Gasteiger partial charge in [-0.1, -0.05) is 0 Å². The molecule has 2 aromatic heterocycles. The molecule has 0 N–H and O–H groups in total. The number of hydrogen-bond acceptors (Lipinski definition) is 5. The summed E-state index contributed by atoms with van der Waals surface area (Å²) in [5.74, 6) is 2.20.